The van der Waals surface area contributed by atoms with E-state index in [0.29, 0.717) is 23.7 Å². The van der Waals surface area contributed by atoms with Gasteiger partial charge in [0.25, 0.3) is 0 Å². The highest BCUT2D eigenvalue weighted by Gasteiger charge is 2.52. The van der Waals surface area contributed by atoms with Gasteiger partial charge < -0.3 is 14.7 Å². The molecule has 0 bridgehead atoms. The van der Waals surface area contributed by atoms with Crippen LogP contribution in [0.25, 0.3) is 0 Å². The molecule has 3 rings (SSSR count). The summed E-state index contributed by atoms with van der Waals surface area (Å²) in [4.78, 5) is 14.2. The van der Waals surface area contributed by atoms with E-state index in [4.69, 9.17) is 4.74 Å². The Morgan fingerprint density at radius 1 is 1.27 bits per heavy atom. The van der Waals surface area contributed by atoms with Gasteiger partial charge in [-0.25, -0.2) is 0 Å². The first-order valence-electron chi connectivity index (χ1n) is 12.2. The molecule has 1 aliphatic heterocycles. The number of nitrogens with zero attached hydrogens (tertiary/aromatic N) is 1. The van der Waals surface area contributed by atoms with Crippen molar-refractivity contribution >= 4 is 5.97 Å². The van der Waals surface area contributed by atoms with Gasteiger partial charge in [0.15, 0.2) is 0 Å². The van der Waals surface area contributed by atoms with Crippen molar-refractivity contribution in [1.29, 1.82) is 0 Å². The maximum absolute atomic E-state index is 11.8. The van der Waals surface area contributed by atoms with Crippen LogP contribution in [0, 0.1) is 35.0 Å². The number of likely N-dealkylation sites (tertiary alicyclic amines) is 1. The van der Waals surface area contributed by atoms with Gasteiger partial charge in [0.1, 0.15) is 6.10 Å². The third-order valence-electron chi connectivity index (χ3n) is 8.69. The minimum absolute atomic E-state index is 0.162. The van der Waals surface area contributed by atoms with Crippen molar-refractivity contribution in [3.05, 3.63) is 11.6 Å². The summed E-state index contributed by atoms with van der Waals surface area (Å²) in [6, 6.07) is 0. The van der Waals surface area contributed by atoms with Crippen LogP contribution in [-0.2, 0) is 9.53 Å². The zero-order valence-electron chi connectivity index (χ0n) is 20.4. The van der Waals surface area contributed by atoms with Gasteiger partial charge in [-0.2, -0.15) is 0 Å². The van der Waals surface area contributed by atoms with Crippen molar-refractivity contribution in [1.82, 2.24) is 4.90 Å². The van der Waals surface area contributed by atoms with Gasteiger partial charge in [-0.1, -0.05) is 40.7 Å². The number of carbonyl (C=O) groups is 1. The second-order valence-electron chi connectivity index (χ2n) is 11.8. The summed E-state index contributed by atoms with van der Waals surface area (Å²) in [5, 5.41) is 11.8. The molecule has 1 heterocycles. The van der Waals surface area contributed by atoms with Crippen LogP contribution in [0.1, 0.15) is 80.6 Å². The number of ether oxygens (including phenoxy) is 1. The lowest BCUT2D eigenvalue weighted by Crippen LogP contribution is -2.56. The highest BCUT2D eigenvalue weighted by Crippen LogP contribution is 2.51. The fraction of sp³-hybridized carbons (Fsp3) is 0.885. The summed E-state index contributed by atoms with van der Waals surface area (Å²) in [5.41, 5.74) is 0.754. The Balaban J connectivity index is 1.69. The van der Waals surface area contributed by atoms with Crippen molar-refractivity contribution in [2.24, 2.45) is 35.0 Å². The van der Waals surface area contributed by atoms with Gasteiger partial charge in [0.05, 0.1) is 5.60 Å². The summed E-state index contributed by atoms with van der Waals surface area (Å²) in [7, 11) is 0. The van der Waals surface area contributed by atoms with E-state index >= 15 is 0 Å². The summed E-state index contributed by atoms with van der Waals surface area (Å²) in [6.45, 7) is 18.7. The molecule has 2 fully saturated rings. The fourth-order valence-electron chi connectivity index (χ4n) is 6.52. The topological polar surface area (TPSA) is 49.8 Å². The standard InChI is InChI=1S/C26H45NO3/c1-17-14-23-22(9-8-19(3)26(23,29)15-24(17)30-20(4)28)18(2)16-27-12-10-21(11-13-27)25(5,6)7/h14,18-19,21-24,29H,8-13,15-16H2,1-7H3/t18-,19-,22+,23-,24-,26-/m1/s1. The molecule has 172 valence electrons. The molecule has 2 aliphatic carbocycles. The van der Waals surface area contributed by atoms with Crippen LogP contribution < -0.4 is 0 Å². The Bertz CT molecular complexity index is 643. The number of esters is 1. The fourth-order valence-corrected chi connectivity index (χ4v) is 6.52. The monoisotopic (exact) mass is 419 g/mol. The van der Waals surface area contributed by atoms with E-state index in [1.807, 2.05) is 0 Å². The van der Waals surface area contributed by atoms with Crippen LogP contribution in [0.5, 0.6) is 0 Å². The molecular weight excluding hydrogens is 374 g/mol. The predicted molar refractivity (Wildman–Crippen MR) is 122 cm³/mol. The third-order valence-corrected chi connectivity index (χ3v) is 8.69. The molecular formula is C26H45NO3. The molecule has 0 aromatic carbocycles. The van der Waals surface area contributed by atoms with Crippen LogP contribution in [0.3, 0.4) is 0 Å². The summed E-state index contributed by atoms with van der Waals surface area (Å²) in [5.74, 6) is 1.99. The van der Waals surface area contributed by atoms with Crippen molar-refractivity contribution in [3.8, 4) is 0 Å². The molecule has 6 atom stereocenters. The average molecular weight is 420 g/mol. The normalized spacial score (nSPS) is 37.3. The lowest BCUT2D eigenvalue weighted by molar-refractivity contribution is -0.159. The maximum Gasteiger partial charge on any atom is 0.303 e. The molecule has 3 aliphatic rings. The number of hydrogen-bond donors (Lipinski definition) is 1. The SMILES string of the molecule is CC(=O)O[C@@H]1C[C@@]2(O)[C@H](C)CC[C@@H]([C@H](C)CN3CCC(C(C)(C)C)CC3)[C@H]2C=C1C. The quantitative estimate of drug-likeness (QED) is 0.511. The molecule has 4 nitrogen and oxygen atoms in total. The van der Waals surface area contributed by atoms with Crippen molar-refractivity contribution in [3.63, 3.8) is 0 Å². The van der Waals surface area contributed by atoms with E-state index in [-0.39, 0.29) is 23.9 Å². The van der Waals surface area contributed by atoms with Crippen molar-refractivity contribution in [2.75, 3.05) is 19.6 Å². The van der Waals surface area contributed by atoms with E-state index in [1.165, 1.54) is 39.3 Å². The van der Waals surface area contributed by atoms with Crippen molar-refractivity contribution in [2.45, 2.75) is 92.3 Å². The smallest absolute Gasteiger partial charge is 0.303 e. The molecule has 1 N–H and O–H groups in total. The van der Waals surface area contributed by atoms with Gasteiger partial charge in [-0.05, 0) is 80.4 Å². The molecule has 0 unspecified atom stereocenters. The highest BCUT2D eigenvalue weighted by molar-refractivity contribution is 5.66. The van der Waals surface area contributed by atoms with Gasteiger partial charge >= 0.3 is 5.97 Å². The molecule has 1 saturated carbocycles. The number of hydrogen-bond acceptors (Lipinski definition) is 4. The average Bonchev–Trinajstić information content (AvgIpc) is 2.64. The lowest BCUT2D eigenvalue weighted by atomic mass is 9.57. The second kappa shape index (κ2) is 8.94. The van der Waals surface area contributed by atoms with Gasteiger partial charge in [0, 0.05) is 25.8 Å². The predicted octanol–water partition coefficient (Wildman–Crippen LogP) is 5.06. The van der Waals surface area contributed by atoms with E-state index < -0.39 is 5.60 Å². The Morgan fingerprint density at radius 2 is 1.90 bits per heavy atom. The zero-order valence-corrected chi connectivity index (χ0v) is 20.4. The molecule has 1 saturated heterocycles. The number of rotatable bonds is 4. The maximum atomic E-state index is 11.8. The first-order chi connectivity index (χ1) is 13.9. The zero-order chi connectivity index (χ0) is 22.3. The third kappa shape index (κ3) is 4.96. The Kier molecular flexibility index (Phi) is 7.09. The van der Waals surface area contributed by atoms with E-state index in [0.717, 1.165) is 24.5 Å². The Labute approximate surface area is 184 Å². The molecule has 0 amide bonds. The number of fused-ring (bicyclic) bond motifs is 1. The molecule has 0 aromatic rings. The summed E-state index contributed by atoms with van der Waals surface area (Å²) >= 11 is 0. The lowest BCUT2D eigenvalue weighted by Gasteiger charge is -2.53. The molecule has 0 spiro atoms. The van der Waals surface area contributed by atoms with Crippen LogP contribution in [-0.4, -0.2) is 47.3 Å². The molecule has 0 aromatic heterocycles. The first-order valence-corrected chi connectivity index (χ1v) is 12.2. The van der Waals surface area contributed by atoms with E-state index in [9.17, 15) is 9.90 Å². The number of aliphatic hydroxyl groups is 1. The summed E-state index contributed by atoms with van der Waals surface area (Å²) < 4.78 is 5.55. The van der Waals surface area contributed by atoms with Crippen LogP contribution in [0.2, 0.25) is 0 Å². The van der Waals surface area contributed by atoms with Crippen LogP contribution >= 0.6 is 0 Å². The molecule has 0 radical (unpaired) electrons. The number of piperidine rings is 1. The Morgan fingerprint density at radius 3 is 2.47 bits per heavy atom. The second-order valence-corrected chi connectivity index (χ2v) is 11.8. The largest absolute Gasteiger partial charge is 0.458 e. The van der Waals surface area contributed by atoms with Gasteiger partial charge in [-0.3, -0.25) is 4.79 Å². The van der Waals surface area contributed by atoms with Gasteiger partial charge in [-0.15, -0.1) is 0 Å². The molecule has 30 heavy (non-hydrogen) atoms. The van der Waals surface area contributed by atoms with E-state index in [1.54, 1.807) is 0 Å². The van der Waals surface area contributed by atoms with Crippen molar-refractivity contribution < 1.29 is 14.6 Å². The van der Waals surface area contributed by atoms with Crippen LogP contribution in [0.4, 0.5) is 0 Å². The Hall–Kier alpha value is -0.870. The minimum Gasteiger partial charge on any atom is -0.458 e. The highest BCUT2D eigenvalue weighted by atomic mass is 16.5. The molecule has 4 heteroatoms. The number of carbonyl (C=O) groups excluding carboxylic acids is 1. The van der Waals surface area contributed by atoms with E-state index in [2.05, 4.69) is 52.5 Å². The minimum atomic E-state index is -0.768. The summed E-state index contributed by atoms with van der Waals surface area (Å²) in [6.07, 6.45) is 7.34. The first kappa shape index (κ1) is 23.8. The van der Waals surface area contributed by atoms with Crippen LogP contribution in [0.15, 0.2) is 11.6 Å². The van der Waals surface area contributed by atoms with Gasteiger partial charge in [0.2, 0.25) is 0 Å².